The second kappa shape index (κ2) is 4.05. The molecule has 15 heavy (non-hydrogen) atoms. The zero-order valence-corrected chi connectivity index (χ0v) is 9.29. The molecule has 1 fully saturated rings. The van der Waals surface area contributed by atoms with Crippen LogP contribution < -0.4 is 5.32 Å². The first-order valence-electron chi connectivity index (χ1n) is 5.57. The third-order valence-corrected chi connectivity index (χ3v) is 2.64. The third kappa shape index (κ3) is 2.58. The van der Waals surface area contributed by atoms with Crippen molar-refractivity contribution in [3.05, 3.63) is 35.4 Å². The van der Waals surface area contributed by atoms with E-state index in [1.54, 1.807) is 0 Å². The summed E-state index contributed by atoms with van der Waals surface area (Å²) in [4.78, 5) is 11.6. The lowest BCUT2D eigenvalue weighted by Crippen LogP contribution is -2.29. The Hall–Kier alpha value is -1.31. The zero-order chi connectivity index (χ0) is 10.8. The second-order valence-electron chi connectivity index (χ2n) is 4.52. The molecule has 0 spiro atoms. The van der Waals surface area contributed by atoms with Gasteiger partial charge in [0.1, 0.15) is 0 Å². The summed E-state index contributed by atoms with van der Waals surface area (Å²) in [5, 5.41) is 2.88. The monoisotopic (exact) mass is 203 g/mol. The number of hydrogen-bond donors (Lipinski definition) is 1. The average Bonchev–Trinajstić information content (AvgIpc) is 3.00. The van der Waals surface area contributed by atoms with Crippen LogP contribution in [0.5, 0.6) is 0 Å². The number of benzene rings is 1. The third-order valence-electron chi connectivity index (χ3n) is 2.64. The summed E-state index contributed by atoms with van der Waals surface area (Å²) in [6, 6.07) is 8.19. The van der Waals surface area contributed by atoms with E-state index in [0.717, 1.165) is 11.5 Å². The van der Waals surface area contributed by atoms with Crippen molar-refractivity contribution in [2.75, 3.05) is 0 Å². The Morgan fingerprint density at radius 3 is 2.33 bits per heavy atom. The minimum atomic E-state index is 0.0207. The van der Waals surface area contributed by atoms with Gasteiger partial charge in [-0.3, -0.25) is 4.79 Å². The van der Waals surface area contributed by atoms with Crippen LogP contribution in [0.4, 0.5) is 0 Å². The molecular formula is C13H17NO. The molecule has 0 bridgehead atoms. The molecule has 2 rings (SSSR count). The van der Waals surface area contributed by atoms with Crippen molar-refractivity contribution >= 4 is 5.91 Å². The van der Waals surface area contributed by atoms with Gasteiger partial charge in [-0.2, -0.15) is 0 Å². The smallest absolute Gasteiger partial charge is 0.251 e. The van der Waals surface area contributed by atoms with Crippen LogP contribution >= 0.6 is 0 Å². The fourth-order valence-electron chi connectivity index (χ4n) is 1.67. The van der Waals surface area contributed by atoms with Crippen LogP contribution in [-0.2, 0) is 0 Å². The van der Waals surface area contributed by atoms with Crippen LogP contribution in [0.1, 0.15) is 48.5 Å². The van der Waals surface area contributed by atoms with E-state index in [0.29, 0.717) is 0 Å². The lowest BCUT2D eigenvalue weighted by atomic mass is 10.1. The predicted octanol–water partition coefficient (Wildman–Crippen LogP) is 2.70. The summed E-state index contributed by atoms with van der Waals surface area (Å²) < 4.78 is 0. The van der Waals surface area contributed by atoms with Crippen LogP contribution in [-0.4, -0.2) is 11.9 Å². The molecule has 1 aromatic carbocycles. The van der Waals surface area contributed by atoms with E-state index in [9.17, 15) is 4.79 Å². The number of hydrogen-bond acceptors (Lipinski definition) is 1. The lowest BCUT2D eigenvalue weighted by molar-refractivity contribution is 0.0943. The van der Waals surface area contributed by atoms with E-state index >= 15 is 0 Å². The van der Waals surface area contributed by atoms with E-state index in [1.807, 2.05) is 26.0 Å². The van der Waals surface area contributed by atoms with Crippen molar-refractivity contribution in [3.63, 3.8) is 0 Å². The number of carbonyl (C=O) groups is 1. The summed E-state index contributed by atoms with van der Waals surface area (Å²) in [5.74, 6) is 0.777. The largest absolute Gasteiger partial charge is 0.350 e. The van der Waals surface area contributed by atoms with Crippen molar-refractivity contribution in [2.24, 2.45) is 0 Å². The molecule has 2 nitrogen and oxygen atoms in total. The summed E-state index contributed by atoms with van der Waals surface area (Å²) >= 11 is 0. The summed E-state index contributed by atoms with van der Waals surface area (Å²) in [5.41, 5.74) is 2.13. The van der Waals surface area contributed by atoms with Crippen LogP contribution in [0.25, 0.3) is 0 Å². The molecular weight excluding hydrogens is 186 g/mol. The molecule has 0 saturated heterocycles. The number of amides is 1. The SMILES string of the molecule is CC(C)NC(=O)c1ccc(C2CC2)cc1. The Morgan fingerprint density at radius 2 is 1.87 bits per heavy atom. The highest BCUT2D eigenvalue weighted by molar-refractivity contribution is 5.94. The minimum Gasteiger partial charge on any atom is -0.350 e. The fraction of sp³-hybridized carbons (Fsp3) is 0.462. The van der Waals surface area contributed by atoms with Gasteiger partial charge in [0.15, 0.2) is 0 Å². The maximum atomic E-state index is 11.6. The molecule has 1 aliphatic rings. The summed E-state index contributed by atoms with van der Waals surface area (Å²) in [7, 11) is 0. The van der Waals surface area contributed by atoms with Gasteiger partial charge in [-0.25, -0.2) is 0 Å². The Balaban J connectivity index is 2.05. The average molecular weight is 203 g/mol. The van der Waals surface area contributed by atoms with E-state index in [4.69, 9.17) is 0 Å². The maximum Gasteiger partial charge on any atom is 0.251 e. The van der Waals surface area contributed by atoms with E-state index in [2.05, 4.69) is 17.4 Å². The van der Waals surface area contributed by atoms with Crippen molar-refractivity contribution in [1.29, 1.82) is 0 Å². The highest BCUT2D eigenvalue weighted by Crippen LogP contribution is 2.39. The summed E-state index contributed by atoms with van der Waals surface area (Å²) in [6.45, 7) is 3.94. The molecule has 0 radical (unpaired) electrons. The van der Waals surface area contributed by atoms with Gasteiger partial charge >= 0.3 is 0 Å². The number of rotatable bonds is 3. The van der Waals surface area contributed by atoms with Gasteiger partial charge in [-0.1, -0.05) is 12.1 Å². The Labute approximate surface area is 90.7 Å². The first-order chi connectivity index (χ1) is 7.16. The molecule has 1 N–H and O–H groups in total. The molecule has 1 aromatic rings. The maximum absolute atomic E-state index is 11.6. The Kier molecular flexibility index (Phi) is 2.76. The topological polar surface area (TPSA) is 29.1 Å². The van der Waals surface area contributed by atoms with E-state index in [-0.39, 0.29) is 11.9 Å². The van der Waals surface area contributed by atoms with Crippen molar-refractivity contribution in [2.45, 2.75) is 38.6 Å². The summed E-state index contributed by atoms with van der Waals surface area (Å²) in [6.07, 6.45) is 2.61. The fourth-order valence-corrected chi connectivity index (χ4v) is 1.67. The molecule has 1 aliphatic carbocycles. The van der Waals surface area contributed by atoms with Gasteiger partial charge in [-0.05, 0) is 50.3 Å². The van der Waals surface area contributed by atoms with Crippen molar-refractivity contribution in [3.8, 4) is 0 Å². The van der Waals surface area contributed by atoms with Crippen LogP contribution in [0.15, 0.2) is 24.3 Å². The van der Waals surface area contributed by atoms with E-state index < -0.39 is 0 Å². The van der Waals surface area contributed by atoms with Crippen molar-refractivity contribution in [1.82, 2.24) is 5.32 Å². The molecule has 0 atom stereocenters. The number of carbonyl (C=O) groups excluding carboxylic acids is 1. The first kappa shape index (κ1) is 10.2. The number of nitrogens with one attached hydrogen (secondary N) is 1. The normalized spacial score (nSPS) is 15.4. The zero-order valence-electron chi connectivity index (χ0n) is 9.29. The Bertz CT molecular complexity index is 349. The van der Waals surface area contributed by atoms with Crippen LogP contribution in [0.3, 0.4) is 0 Å². The molecule has 0 unspecified atom stereocenters. The van der Waals surface area contributed by atoms with Gasteiger partial charge in [0, 0.05) is 11.6 Å². The van der Waals surface area contributed by atoms with Crippen LogP contribution in [0, 0.1) is 0 Å². The predicted molar refractivity (Wildman–Crippen MR) is 61.0 cm³/mol. The lowest BCUT2D eigenvalue weighted by Gasteiger charge is -2.08. The molecule has 1 amide bonds. The highest BCUT2D eigenvalue weighted by Gasteiger charge is 2.23. The highest BCUT2D eigenvalue weighted by atomic mass is 16.1. The van der Waals surface area contributed by atoms with Crippen LogP contribution in [0.2, 0.25) is 0 Å². The Morgan fingerprint density at radius 1 is 1.27 bits per heavy atom. The second-order valence-corrected chi connectivity index (χ2v) is 4.52. The van der Waals surface area contributed by atoms with E-state index in [1.165, 1.54) is 18.4 Å². The standard InChI is InChI=1S/C13H17NO/c1-9(2)14-13(15)12-7-5-11(6-8-12)10-3-4-10/h5-10H,3-4H2,1-2H3,(H,14,15). The molecule has 80 valence electrons. The van der Waals surface area contributed by atoms with Gasteiger partial charge in [0.2, 0.25) is 0 Å². The molecule has 0 heterocycles. The van der Waals surface area contributed by atoms with Gasteiger partial charge in [-0.15, -0.1) is 0 Å². The molecule has 2 heteroatoms. The molecule has 0 aromatic heterocycles. The van der Waals surface area contributed by atoms with Gasteiger partial charge < -0.3 is 5.32 Å². The van der Waals surface area contributed by atoms with Gasteiger partial charge in [0.05, 0.1) is 0 Å². The quantitative estimate of drug-likeness (QED) is 0.804. The van der Waals surface area contributed by atoms with Gasteiger partial charge in [0.25, 0.3) is 5.91 Å². The van der Waals surface area contributed by atoms with Crippen molar-refractivity contribution < 1.29 is 4.79 Å². The minimum absolute atomic E-state index is 0.0207. The molecule has 0 aliphatic heterocycles. The first-order valence-corrected chi connectivity index (χ1v) is 5.57. The molecule has 1 saturated carbocycles.